The molecule has 0 bridgehead atoms. The average Bonchev–Trinajstić information content (AvgIpc) is 2.75. The van der Waals surface area contributed by atoms with Gasteiger partial charge >= 0.3 is 6.09 Å². The molecule has 0 aromatic heterocycles. The van der Waals surface area contributed by atoms with E-state index in [9.17, 15) is 4.79 Å². The van der Waals surface area contributed by atoms with Gasteiger partial charge in [0, 0.05) is 25.3 Å². The summed E-state index contributed by atoms with van der Waals surface area (Å²) in [6.07, 6.45) is 7.28. The lowest BCUT2D eigenvalue weighted by molar-refractivity contribution is 0.00363. The molecule has 5 nitrogen and oxygen atoms in total. The van der Waals surface area contributed by atoms with Crippen LogP contribution in [0.3, 0.4) is 0 Å². The summed E-state index contributed by atoms with van der Waals surface area (Å²) in [5.74, 6) is 0.511. The fraction of sp³-hybridized carbons (Fsp3) is 0.741. The number of rotatable bonds is 2. The first kappa shape index (κ1) is 23.4. The fourth-order valence-electron chi connectivity index (χ4n) is 5.86. The minimum absolute atomic E-state index is 0.108. The number of anilines is 1. The predicted octanol–water partition coefficient (Wildman–Crippen LogP) is 5.71. The summed E-state index contributed by atoms with van der Waals surface area (Å²) in [6.45, 7) is 13.6. The maximum absolute atomic E-state index is 12.9. The van der Waals surface area contributed by atoms with Crippen molar-refractivity contribution in [1.29, 1.82) is 0 Å². The fourth-order valence-corrected chi connectivity index (χ4v) is 5.86. The van der Waals surface area contributed by atoms with Gasteiger partial charge in [0.2, 0.25) is 0 Å². The average molecular weight is 442 g/mol. The number of carbonyl (C=O) groups excluding carboxylic acids is 1. The topological polar surface area (TPSA) is 36.0 Å². The molecule has 1 spiro atoms. The first-order chi connectivity index (χ1) is 15.1. The molecule has 32 heavy (non-hydrogen) atoms. The van der Waals surface area contributed by atoms with E-state index >= 15 is 0 Å². The van der Waals surface area contributed by atoms with Gasteiger partial charge in [-0.25, -0.2) is 4.79 Å². The number of benzene rings is 1. The van der Waals surface area contributed by atoms with Gasteiger partial charge < -0.3 is 19.4 Å². The minimum Gasteiger partial charge on any atom is -0.444 e. The lowest BCUT2D eigenvalue weighted by atomic mass is 9.72. The predicted molar refractivity (Wildman–Crippen MR) is 131 cm³/mol. The highest BCUT2D eigenvalue weighted by atomic mass is 16.6. The molecule has 0 aliphatic carbocycles. The van der Waals surface area contributed by atoms with Crippen LogP contribution in [0.1, 0.15) is 77.8 Å². The normalized spacial score (nSPS) is 26.9. The number of carbonyl (C=O) groups is 1. The van der Waals surface area contributed by atoms with Crippen LogP contribution in [0.5, 0.6) is 0 Å². The molecule has 3 aliphatic rings. The SMILES string of the molecule is C[C@H]1CC[C@H](c2ccc(N3CCCC4(CCN(C)CC4)C3)cc2)N(C(=O)OC(C)(C)C)C1. The molecular formula is C27H43N3O2. The molecule has 3 heterocycles. The molecular weight excluding hydrogens is 398 g/mol. The molecule has 1 aromatic rings. The van der Waals surface area contributed by atoms with Crippen LogP contribution < -0.4 is 4.90 Å². The van der Waals surface area contributed by atoms with Crippen LogP contribution in [0.15, 0.2) is 24.3 Å². The summed E-state index contributed by atoms with van der Waals surface area (Å²) in [5.41, 5.74) is 2.60. The van der Waals surface area contributed by atoms with Crippen molar-refractivity contribution >= 4 is 11.8 Å². The largest absolute Gasteiger partial charge is 0.444 e. The van der Waals surface area contributed by atoms with Crippen LogP contribution in [0.25, 0.3) is 0 Å². The monoisotopic (exact) mass is 441 g/mol. The van der Waals surface area contributed by atoms with Gasteiger partial charge in [-0.2, -0.15) is 0 Å². The molecule has 3 fully saturated rings. The zero-order chi connectivity index (χ0) is 22.9. The van der Waals surface area contributed by atoms with Crippen LogP contribution in [0, 0.1) is 11.3 Å². The van der Waals surface area contributed by atoms with Gasteiger partial charge in [0.25, 0.3) is 0 Å². The molecule has 178 valence electrons. The van der Waals surface area contributed by atoms with Crippen molar-refractivity contribution in [1.82, 2.24) is 9.80 Å². The third-order valence-electron chi connectivity index (χ3n) is 7.80. The van der Waals surface area contributed by atoms with E-state index in [4.69, 9.17) is 4.74 Å². The van der Waals surface area contributed by atoms with E-state index in [-0.39, 0.29) is 12.1 Å². The summed E-state index contributed by atoms with van der Waals surface area (Å²) in [5, 5.41) is 0. The Morgan fingerprint density at radius 2 is 1.72 bits per heavy atom. The zero-order valence-corrected chi connectivity index (χ0v) is 20.9. The van der Waals surface area contributed by atoms with Crippen molar-refractivity contribution in [2.75, 3.05) is 44.7 Å². The van der Waals surface area contributed by atoms with Gasteiger partial charge in [0.1, 0.15) is 5.60 Å². The van der Waals surface area contributed by atoms with Gasteiger partial charge in [0.15, 0.2) is 0 Å². The van der Waals surface area contributed by atoms with E-state index in [1.165, 1.54) is 56.6 Å². The lowest BCUT2D eigenvalue weighted by Gasteiger charge is -2.48. The molecule has 1 aromatic carbocycles. The number of piperidine rings is 3. The van der Waals surface area contributed by atoms with Gasteiger partial charge in [-0.15, -0.1) is 0 Å². The minimum atomic E-state index is -0.468. The third kappa shape index (κ3) is 5.41. The van der Waals surface area contributed by atoms with E-state index in [2.05, 4.69) is 48.0 Å². The maximum Gasteiger partial charge on any atom is 0.410 e. The summed E-state index contributed by atoms with van der Waals surface area (Å²) in [4.78, 5) is 20.0. The Labute approximate surface area is 195 Å². The number of likely N-dealkylation sites (tertiary alicyclic amines) is 2. The maximum atomic E-state index is 12.9. The van der Waals surface area contributed by atoms with Crippen LogP contribution in [0.2, 0.25) is 0 Å². The number of ether oxygens (including phenoxy) is 1. The number of hydrogen-bond donors (Lipinski definition) is 0. The molecule has 3 aliphatic heterocycles. The second-order valence-electron chi connectivity index (χ2n) is 11.8. The van der Waals surface area contributed by atoms with Crippen LogP contribution in [-0.2, 0) is 4.74 Å². The Bertz CT molecular complexity index is 777. The van der Waals surface area contributed by atoms with Gasteiger partial charge in [-0.3, -0.25) is 0 Å². The highest BCUT2D eigenvalue weighted by Gasteiger charge is 2.38. The Morgan fingerprint density at radius 1 is 1.03 bits per heavy atom. The van der Waals surface area contributed by atoms with Crippen molar-refractivity contribution in [3.8, 4) is 0 Å². The molecule has 3 saturated heterocycles. The highest BCUT2D eigenvalue weighted by Crippen LogP contribution is 2.41. The Kier molecular flexibility index (Phi) is 6.76. The van der Waals surface area contributed by atoms with Crippen molar-refractivity contribution in [2.45, 2.75) is 77.9 Å². The van der Waals surface area contributed by atoms with Gasteiger partial charge in [-0.05, 0) is 108 Å². The number of amides is 1. The first-order valence-corrected chi connectivity index (χ1v) is 12.7. The number of nitrogens with zero attached hydrogens (tertiary/aromatic N) is 3. The Balaban J connectivity index is 1.46. The quantitative estimate of drug-likeness (QED) is 0.589. The molecule has 0 N–H and O–H groups in total. The summed E-state index contributed by atoms with van der Waals surface area (Å²) in [7, 11) is 2.25. The molecule has 0 saturated carbocycles. The smallest absolute Gasteiger partial charge is 0.410 e. The second kappa shape index (κ2) is 9.24. The molecule has 1 amide bonds. The molecule has 4 rings (SSSR count). The third-order valence-corrected chi connectivity index (χ3v) is 7.80. The van der Waals surface area contributed by atoms with Crippen molar-refractivity contribution in [3.63, 3.8) is 0 Å². The summed E-state index contributed by atoms with van der Waals surface area (Å²) >= 11 is 0. The van der Waals surface area contributed by atoms with Crippen molar-refractivity contribution in [3.05, 3.63) is 29.8 Å². The molecule has 0 radical (unpaired) electrons. The van der Waals surface area contributed by atoms with E-state index in [1.54, 1.807) is 0 Å². The second-order valence-corrected chi connectivity index (χ2v) is 11.8. The zero-order valence-electron chi connectivity index (χ0n) is 20.9. The summed E-state index contributed by atoms with van der Waals surface area (Å²) in [6, 6.07) is 9.19. The lowest BCUT2D eigenvalue weighted by Crippen LogP contribution is -2.49. The van der Waals surface area contributed by atoms with Crippen molar-refractivity contribution in [2.24, 2.45) is 11.3 Å². The molecule has 0 unspecified atom stereocenters. The van der Waals surface area contributed by atoms with Crippen LogP contribution in [-0.4, -0.2) is 61.3 Å². The van der Waals surface area contributed by atoms with E-state index in [1.807, 2.05) is 25.7 Å². The molecule has 5 heteroatoms. The van der Waals surface area contributed by atoms with Gasteiger partial charge in [-0.1, -0.05) is 19.1 Å². The van der Waals surface area contributed by atoms with E-state index in [0.29, 0.717) is 11.3 Å². The summed E-state index contributed by atoms with van der Waals surface area (Å²) < 4.78 is 5.74. The van der Waals surface area contributed by atoms with Crippen molar-refractivity contribution < 1.29 is 9.53 Å². The van der Waals surface area contributed by atoms with E-state index < -0.39 is 5.60 Å². The first-order valence-electron chi connectivity index (χ1n) is 12.7. The van der Waals surface area contributed by atoms with Crippen LogP contribution >= 0.6 is 0 Å². The van der Waals surface area contributed by atoms with Crippen LogP contribution in [0.4, 0.5) is 10.5 Å². The molecule has 2 atom stereocenters. The number of hydrogen-bond acceptors (Lipinski definition) is 4. The Hall–Kier alpha value is -1.75. The Morgan fingerprint density at radius 3 is 2.38 bits per heavy atom. The van der Waals surface area contributed by atoms with E-state index in [0.717, 1.165) is 25.9 Å². The highest BCUT2D eigenvalue weighted by molar-refractivity contribution is 5.69. The standard InChI is InChI=1S/C27H43N3O2/c1-21-7-12-24(30(19-21)25(31)32-26(2,3)4)22-8-10-23(11-9-22)29-16-6-13-27(20-29)14-17-28(5)18-15-27/h8-11,21,24H,6-7,12-20H2,1-5H3/t21-,24+/m0/s1. The van der Waals surface area contributed by atoms with Gasteiger partial charge in [0.05, 0.1) is 6.04 Å².